The monoisotopic (exact) mass is 376 g/mol. The molecule has 0 saturated carbocycles. The summed E-state index contributed by atoms with van der Waals surface area (Å²) in [5.41, 5.74) is 10.1. The second-order valence-corrected chi connectivity index (χ2v) is 7.68. The van der Waals surface area contributed by atoms with E-state index in [-0.39, 0.29) is 0 Å². The number of aryl methyl sites for hydroxylation is 1. The van der Waals surface area contributed by atoms with Gasteiger partial charge in [-0.3, -0.25) is 0 Å². The zero-order chi connectivity index (χ0) is 19.8. The molecule has 1 aliphatic heterocycles. The smallest absolute Gasteiger partial charge is 0.0482 e. The van der Waals surface area contributed by atoms with Crippen LogP contribution in [0.5, 0.6) is 0 Å². The molecule has 0 spiro atoms. The van der Waals surface area contributed by atoms with Gasteiger partial charge >= 0.3 is 0 Å². The summed E-state index contributed by atoms with van der Waals surface area (Å²) in [6, 6.07) is 34.8. The van der Waals surface area contributed by atoms with Gasteiger partial charge in [-0.2, -0.15) is 0 Å². The first-order valence-electron chi connectivity index (χ1n) is 10.1. The van der Waals surface area contributed by atoms with Crippen molar-refractivity contribution < 1.29 is 0 Å². The molecule has 0 fully saturated rings. The highest BCUT2D eigenvalue weighted by Gasteiger charge is 2.21. The number of para-hydroxylation sites is 2. The Kier molecular flexibility index (Phi) is 4.33. The Hall–Kier alpha value is -3.52. The highest BCUT2D eigenvalue weighted by molar-refractivity contribution is 5.82. The van der Waals surface area contributed by atoms with Crippen LogP contribution in [-0.2, 0) is 6.42 Å². The average Bonchev–Trinajstić information content (AvgIpc) is 2.77. The molecule has 142 valence electrons. The van der Waals surface area contributed by atoms with Gasteiger partial charge in [-0.1, -0.05) is 60.2 Å². The quantitative estimate of drug-likeness (QED) is 0.375. The molecule has 2 nitrogen and oxygen atoms in total. The van der Waals surface area contributed by atoms with Gasteiger partial charge in [0.25, 0.3) is 0 Å². The summed E-state index contributed by atoms with van der Waals surface area (Å²) >= 11 is 0. The van der Waals surface area contributed by atoms with Crippen LogP contribution in [0.3, 0.4) is 0 Å². The average molecular weight is 377 g/mol. The summed E-state index contributed by atoms with van der Waals surface area (Å²) in [4.78, 5) is 4.64. The zero-order valence-electron chi connectivity index (χ0n) is 16.8. The molecule has 0 radical (unpaired) electrons. The Morgan fingerprint density at radius 3 is 2.03 bits per heavy atom. The van der Waals surface area contributed by atoms with E-state index in [2.05, 4.69) is 121 Å². The van der Waals surface area contributed by atoms with Crippen LogP contribution >= 0.6 is 0 Å². The van der Waals surface area contributed by atoms with Gasteiger partial charge in [-0.15, -0.1) is 0 Å². The van der Waals surface area contributed by atoms with Crippen molar-refractivity contribution in [3.05, 3.63) is 114 Å². The summed E-state index contributed by atoms with van der Waals surface area (Å²) in [5.74, 6) is 0. The lowest BCUT2D eigenvalue weighted by atomic mass is 9.95. The van der Waals surface area contributed by atoms with Crippen LogP contribution in [0, 0.1) is 6.92 Å². The molecule has 0 N–H and O–H groups in total. The molecule has 29 heavy (non-hydrogen) atoms. The van der Waals surface area contributed by atoms with E-state index in [1.54, 1.807) is 0 Å². The van der Waals surface area contributed by atoms with E-state index >= 15 is 0 Å². The minimum atomic E-state index is 0.978. The van der Waals surface area contributed by atoms with E-state index in [0.717, 1.165) is 12.1 Å². The summed E-state index contributed by atoms with van der Waals surface area (Å²) in [5, 5.41) is 0. The molecular weight excluding hydrogens is 352 g/mol. The number of anilines is 5. The largest absolute Gasteiger partial charge is 0.344 e. The molecule has 0 saturated heterocycles. The first-order chi connectivity index (χ1) is 14.2. The maximum Gasteiger partial charge on any atom is 0.0482 e. The minimum Gasteiger partial charge on any atom is -0.344 e. The van der Waals surface area contributed by atoms with E-state index in [4.69, 9.17) is 0 Å². The van der Waals surface area contributed by atoms with Gasteiger partial charge in [0, 0.05) is 41.9 Å². The van der Waals surface area contributed by atoms with E-state index in [1.165, 1.54) is 39.4 Å². The summed E-state index contributed by atoms with van der Waals surface area (Å²) < 4.78 is 0. The molecule has 0 atom stereocenters. The lowest BCUT2D eigenvalue weighted by molar-refractivity contribution is 1.05. The maximum absolute atomic E-state index is 2.33. The van der Waals surface area contributed by atoms with Crippen molar-refractivity contribution in [1.29, 1.82) is 0 Å². The third-order valence-corrected chi connectivity index (χ3v) is 5.73. The van der Waals surface area contributed by atoms with Gasteiger partial charge in [0.2, 0.25) is 0 Å². The maximum atomic E-state index is 2.33. The fourth-order valence-electron chi connectivity index (χ4n) is 4.19. The first-order valence-corrected chi connectivity index (χ1v) is 10.1. The van der Waals surface area contributed by atoms with Gasteiger partial charge < -0.3 is 9.80 Å². The van der Waals surface area contributed by atoms with Crippen molar-refractivity contribution >= 4 is 28.4 Å². The number of benzene rings is 4. The van der Waals surface area contributed by atoms with Crippen molar-refractivity contribution in [2.24, 2.45) is 0 Å². The predicted molar refractivity (Wildman–Crippen MR) is 123 cm³/mol. The zero-order valence-corrected chi connectivity index (χ0v) is 16.8. The standard InChI is InChI=1S/C27H24N2/c1-20-12-15-24(16-13-20)29(23-9-4-3-5-10-23)25-17-14-22-18-21-8-6-7-11-26(21)28(2)27(22)19-25/h3-17,19H,18H2,1-2H3. The van der Waals surface area contributed by atoms with Crippen LogP contribution in [0.1, 0.15) is 16.7 Å². The Bertz CT molecular complexity index is 1150. The van der Waals surface area contributed by atoms with Crippen LogP contribution in [0.15, 0.2) is 97.1 Å². The number of hydrogen-bond donors (Lipinski definition) is 0. The highest BCUT2D eigenvalue weighted by atomic mass is 15.2. The highest BCUT2D eigenvalue weighted by Crippen LogP contribution is 2.42. The second-order valence-electron chi connectivity index (χ2n) is 7.68. The van der Waals surface area contributed by atoms with E-state index in [1.807, 2.05) is 0 Å². The molecule has 1 aliphatic rings. The van der Waals surface area contributed by atoms with E-state index in [9.17, 15) is 0 Å². The first kappa shape index (κ1) is 17.6. The normalized spacial score (nSPS) is 12.3. The number of fused-ring (bicyclic) bond motifs is 2. The van der Waals surface area contributed by atoms with E-state index < -0.39 is 0 Å². The molecule has 1 heterocycles. The van der Waals surface area contributed by atoms with Crippen LogP contribution < -0.4 is 9.80 Å². The van der Waals surface area contributed by atoms with Gasteiger partial charge in [0.1, 0.15) is 0 Å². The summed E-state index contributed by atoms with van der Waals surface area (Å²) in [6.07, 6.45) is 0.978. The lowest BCUT2D eigenvalue weighted by Gasteiger charge is -2.32. The molecule has 0 aliphatic carbocycles. The van der Waals surface area contributed by atoms with Crippen molar-refractivity contribution in [3.8, 4) is 0 Å². The molecule has 4 aromatic rings. The fourth-order valence-corrected chi connectivity index (χ4v) is 4.19. The summed E-state index contributed by atoms with van der Waals surface area (Å²) in [6.45, 7) is 2.13. The van der Waals surface area contributed by atoms with Crippen LogP contribution in [0.4, 0.5) is 28.4 Å². The Balaban J connectivity index is 1.63. The van der Waals surface area contributed by atoms with Gasteiger partial charge in [0.15, 0.2) is 0 Å². The molecule has 0 bridgehead atoms. The molecule has 2 heteroatoms. The third kappa shape index (κ3) is 3.17. The second kappa shape index (κ2) is 7.14. The molecule has 0 unspecified atom stereocenters. The van der Waals surface area contributed by atoms with Crippen LogP contribution in [0.25, 0.3) is 0 Å². The van der Waals surface area contributed by atoms with Crippen LogP contribution in [-0.4, -0.2) is 7.05 Å². The Morgan fingerprint density at radius 2 is 1.24 bits per heavy atom. The SMILES string of the molecule is Cc1ccc(N(c2ccccc2)c2ccc3c(c2)N(C)c2ccccc2C3)cc1. The number of nitrogens with zero attached hydrogens (tertiary/aromatic N) is 2. The Morgan fingerprint density at radius 1 is 0.621 bits per heavy atom. The number of hydrogen-bond acceptors (Lipinski definition) is 2. The summed E-state index contributed by atoms with van der Waals surface area (Å²) in [7, 11) is 2.17. The molecule has 0 aromatic heterocycles. The van der Waals surface area contributed by atoms with Crippen molar-refractivity contribution in [2.45, 2.75) is 13.3 Å². The minimum absolute atomic E-state index is 0.978. The van der Waals surface area contributed by atoms with E-state index in [0.29, 0.717) is 0 Å². The molecule has 4 aromatic carbocycles. The topological polar surface area (TPSA) is 6.48 Å². The van der Waals surface area contributed by atoms with Crippen molar-refractivity contribution in [2.75, 3.05) is 16.8 Å². The molecule has 0 amide bonds. The van der Waals surface area contributed by atoms with Gasteiger partial charge in [-0.05, 0) is 60.5 Å². The van der Waals surface area contributed by atoms with Gasteiger partial charge in [0.05, 0.1) is 0 Å². The van der Waals surface area contributed by atoms with Crippen LogP contribution in [0.2, 0.25) is 0 Å². The predicted octanol–water partition coefficient (Wildman–Crippen LogP) is 7.14. The fraction of sp³-hybridized carbons (Fsp3) is 0.111. The number of rotatable bonds is 3. The van der Waals surface area contributed by atoms with Crippen molar-refractivity contribution in [1.82, 2.24) is 0 Å². The lowest BCUT2D eigenvalue weighted by Crippen LogP contribution is -2.19. The Labute approximate surface area is 172 Å². The van der Waals surface area contributed by atoms with Crippen molar-refractivity contribution in [3.63, 3.8) is 0 Å². The third-order valence-electron chi connectivity index (χ3n) is 5.73. The molecule has 5 rings (SSSR count). The van der Waals surface area contributed by atoms with Gasteiger partial charge in [-0.25, -0.2) is 0 Å². The molecular formula is C27H24N2.